The summed E-state index contributed by atoms with van der Waals surface area (Å²) in [4.78, 5) is 24.9. The van der Waals surface area contributed by atoms with Crippen LogP contribution in [0.2, 0.25) is 0 Å². The maximum atomic E-state index is 12.6. The Hall–Kier alpha value is -1.84. The van der Waals surface area contributed by atoms with Gasteiger partial charge in [0.05, 0.1) is 18.4 Å². The first kappa shape index (κ1) is 19.5. The second-order valence-electron chi connectivity index (χ2n) is 7.16. The van der Waals surface area contributed by atoms with Gasteiger partial charge in [-0.25, -0.2) is 0 Å². The van der Waals surface area contributed by atoms with Gasteiger partial charge in [0.15, 0.2) is 0 Å². The summed E-state index contributed by atoms with van der Waals surface area (Å²) in [7, 11) is 0. The van der Waals surface area contributed by atoms with E-state index in [1.165, 1.54) is 5.56 Å². The van der Waals surface area contributed by atoms with Crippen LogP contribution in [0.25, 0.3) is 0 Å². The molecule has 2 unspecified atom stereocenters. The number of hydrogen-bond acceptors (Lipinski definition) is 4. The number of hydrogen-bond donors (Lipinski definition) is 0. The van der Waals surface area contributed by atoms with E-state index in [1.807, 2.05) is 24.3 Å². The number of rotatable bonds is 7. The summed E-state index contributed by atoms with van der Waals surface area (Å²) < 4.78 is 10.9. The van der Waals surface area contributed by atoms with Crippen molar-refractivity contribution in [3.8, 4) is 5.75 Å². The van der Waals surface area contributed by atoms with Crippen LogP contribution < -0.4 is 4.74 Å². The summed E-state index contributed by atoms with van der Waals surface area (Å²) in [5.41, 5.74) is 1.20. The molecule has 1 saturated carbocycles. The first-order valence-corrected chi connectivity index (χ1v) is 9.51. The minimum Gasteiger partial charge on any atom is -0.465 e. The van der Waals surface area contributed by atoms with Gasteiger partial charge in [0.25, 0.3) is 0 Å². The number of carbonyl (C=O) groups excluding carboxylic acids is 2. The Kier molecular flexibility index (Phi) is 7.48. The van der Waals surface area contributed by atoms with E-state index in [0.29, 0.717) is 31.1 Å². The van der Waals surface area contributed by atoms with Gasteiger partial charge in [0.2, 0.25) is 0 Å². The van der Waals surface area contributed by atoms with Gasteiger partial charge >= 0.3 is 11.9 Å². The molecule has 138 valence electrons. The molecule has 0 amide bonds. The Morgan fingerprint density at radius 2 is 1.64 bits per heavy atom. The van der Waals surface area contributed by atoms with Gasteiger partial charge in [0.1, 0.15) is 5.75 Å². The largest absolute Gasteiger partial charge is 0.465 e. The average molecular weight is 346 g/mol. The zero-order valence-electron chi connectivity index (χ0n) is 15.6. The van der Waals surface area contributed by atoms with Crippen molar-refractivity contribution in [2.75, 3.05) is 6.61 Å². The first-order chi connectivity index (χ1) is 12.0. The van der Waals surface area contributed by atoms with Crippen molar-refractivity contribution in [2.24, 2.45) is 11.8 Å². The Balaban J connectivity index is 1.98. The molecule has 25 heavy (non-hydrogen) atoms. The maximum absolute atomic E-state index is 12.6. The van der Waals surface area contributed by atoms with Crippen LogP contribution in [-0.4, -0.2) is 18.5 Å². The normalized spacial score (nSPS) is 20.3. The number of esters is 2. The summed E-state index contributed by atoms with van der Waals surface area (Å²) in [5.74, 6) is -0.344. The molecule has 1 aliphatic rings. The molecule has 0 aromatic heterocycles. The van der Waals surface area contributed by atoms with E-state index < -0.39 is 5.92 Å². The Labute approximate surface area is 150 Å². The summed E-state index contributed by atoms with van der Waals surface area (Å²) in [5, 5.41) is 0. The van der Waals surface area contributed by atoms with Gasteiger partial charge in [-0.1, -0.05) is 52.2 Å². The predicted octanol–water partition coefficient (Wildman–Crippen LogP) is 4.87. The molecular formula is C21H30O4. The predicted molar refractivity (Wildman–Crippen MR) is 97.5 cm³/mol. The molecule has 1 aromatic rings. The fourth-order valence-electron chi connectivity index (χ4n) is 3.23. The molecule has 0 aliphatic heterocycles. The molecule has 4 nitrogen and oxygen atoms in total. The zero-order valence-corrected chi connectivity index (χ0v) is 15.6. The van der Waals surface area contributed by atoms with Crippen molar-refractivity contribution in [3.05, 3.63) is 29.8 Å². The molecular weight excluding hydrogens is 316 g/mol. The van der Waals surface area contributed by atoms with Crippen LogP contribution >= 0.6 is 0 Å². The van der Waals surface area contributed by atoms with E-state index in [-0.39, 0.29) is 17.9 Å². The lowest BCUT2D eigenvalue weighted by atomic mass is 9.79. The molecule has 2 rings (SSSR count). The molecule has 4 heteroatoms. The molecule has 0 saturated heterocycles. The van der Waals surface area contributed by atoms with Gasteiger partial charge in [-0.05, 0) is 42.9 Å². The maximum Gasteiger partial charge on any atom is 0.315 e. The lowest BCUT2D eigenvalue weighted by Crippen LogP contribution is -2.36. The minimum absolute atomic E-state index is 0.245. The quantitative estimate of drug-likeness (QED) is 0.402. The lowest BCUT2D eigenvalue weighted by molar-refractivity contribution is -0.158. The SMILES string of the molecule is CCCCOC(=O)C1CCCCC1C(=O)Oc1ccc(C(C)C)cc1. The molecule has 1 aromatic carbocycles. The number of benzene rings is 1. The van der Waals surface area contributed by atoms with Crippen LogP contribution in [0.5, 0.6) is 5.75 Å². The molecule has 0 radical (unpaired) electrons. The molecule has 0 spiro atoms. The second kappa shape index (κ2) is 9.59. The van der Waals surface area contributed by atoms with Crippen LogP contribution in [0, 0.1) is 11.8 Å². The van der Waals surface area contributed by atoms with Crippen molar-refractivity contribution in [2.45, 2.75) is 65.2 Å². The highest BCUT2D eigenvalue weighted by molar-refractivity contribution is 5.83. The highest BCUT2D eigenvalue weighted by Crippen LogP contribution is 2.32. The number of carbonyl (C=O) groups is 2. The second-order valence-corrected chi connectivity index (χ2v) is 7.16. The minimum atomic E-state index is -0.396. The Morgan fingerprint density at radius 3 is 2.20 bits per heavy atom. The van der Waals surface area contributed by atoms with Gasteiger partial charge in [-0.3, -0.25) is 9.59 Å². The van der Waals surface area contributed by atoms with Crippen LogP contribution in [-0.2, 0) is 14.3 Å². The molecule has 0 bridgehead atoms. The van der Waals surface area contributed by atoms with Crippen molar-refractivity contribution < 1.29 is 19.1 Å². The van der Waals surface area contributed by atoms with Gasteiger partial charge < -0.3 is 9.47 Å². The smallest absolute Gasteiger partial charge is 0.315 e. The van der Waals surface area contributed by atoms with E-state index in [0.717, 1.165) is 25.7 Å². The fourth-order valence-corrected chi connectivity index (χ4v) is 3.23. The summed E-state index contributed by atoms with van der Waals surface area (Å²) in [6.07, 6.45) is 5.14. The third kappa shape index (κ3) is 5.58. The van der Waals surface area contributed by atoms with Crippen molar-refractivity contribution in [1.82, 2.24) is 0 Å². The van der Waals surface area contributed by atoms with Crippen LogP contribution in [0.4, 0.5) is 0 Å². The monoisotopic (exact) mass is 346 g/mol. The van der Waals surface area contributed by atoms with Gasteiger partial charge in [0, 0.05) is 0 Å². The van der Waals surface area contributed by atoms with Crippen LogP contribution in [0.3, 0.4) is 0 Å². The molecule has 0 N–H and O–H groups in total. The highest BCUT2D eigenvalue weighted by Gasteiger charge is 2.38. The van der Waals surface area contributed by atoms with E-state index >= 15 is 0 Å². The Morgan fingerprint density at radius 1 is 1.04 bits per heavy atom. The molecule has 2 atom stereocenters. The van der Waals surface area contributed by atoms with Gasteiger partial charge in [-0.15, -0.1) is 0 Å². The standard InChI is InChI=1S/C21H30O4/c1-4-5-14-24-20(22)18-8-6-7-9-19(18)21(23)25-17-12-10-16(11-13-17)15(2)3/h10-13,15,18-19H,4-9,14H2,1-3H3. The van der Waals surface area contributed by atoms with E-state index in [9.17, 15) is 9.59 Å². The topological polar surface area (TPSA) is 52.6 Å². The zero-order chi connectivity index (χ0) is 18.2. The summed E-state index contributed by atoms with van der Waals surface area (Å²) >= 11 is 0. The summed E-state index contributed by atoms with van der Waals surface area (Å²) in [6.45, 7) is 6.74. The summed E-state index contributed by atoms with van der Waals surface area (Å²) in [6, 6.07) is 7.60. The number of ether oxygens (including phenoxy) is 2. The molecule has 1 fully saturated rings. The van der Waals surface area contributed by atoms with Gasteiger partial charge in [-0.2, -0.15) is 0 Å². The van der Waals surface area contributed by atoms with E-state index in [1.54, 1.807) is 0 Å². The number of unbranched alkanes of at least 4 members (excludes halogenated alkanes) is 1. The Bertz CT molecular complexity index is 562. The van der Waals surface area contributed by atoms with E-state index in [4.69, 9.17) is 9.47 Å². The van der Waals surface area contributed by atoms with Crippen LogP contribution in [0.15, 0.2) is 24.3 Å². The highest BCUT2D eigenvalue weighted by atomic mass is 16.5. The third-order valence-electron chi connectivity index (χ3n) is 4.88. The van der Waals surface area contributed by atoms with Crippen molar-refractivity contribution in [1.29, 1.82) is 0 Å². The average Bonchev–Trinajstić information content (AvgIpc) is 2.62. The molecule has 0 heterocycles. The van der Waals surface area contributed by atoms with Crippen LogP contribution in [0.1, 0.15) is 70.8 Å². The lowest BCUT2D eigenvalue weighted by Gasteiger charge is -2.28. The first-order valence-electron chi connectivity index (χ1n) is 9.51. The third-order valence-corrected chi connectivity index (χ3v) is 4.88. The fraction of sp³-hybridized carbons (Fsp3) is 0.619. The van der Waals surface area contributed by atoms with Crippen molar-refractivity contribution in [3.63, 3.8) is 0 Å². The van der Waals surface area contributed by atoms with Crippen molar-refractivity contribution >= 4 is 11.9 Å². The van der Waals surface area contributed by atoms with E-state index in [2.05, 4.69) is 20.8 Å². The molecule has 1 aliphatic carbocycles.